The Morgan fingerprint density at radius 3 is 3.00 bits per heavy atom. The van der Waals surface area contributed by atoms with Crippen molar-refractivity contribution in [1.29, 1.82) is 0 Å². The van der Waals surface area contributed by atoms with Gasteiger partial charge < -0.3 is 19.9 Å². The van der Waals surface area contributed by atoms with E-state index < -0.39 is 0 Å². The molecule has 0 unspecified atom stereocenters. The molecule has 2 heterocycles. The summed E-state index contributed by atoms with van der Waals surface area (Å²) in [6.45, 7) is 3.97. The van der Waals surface area contributed by atoms with Crippen LogP contribution < -0.4 is 15.4 Å². The number of ether oxygens (including phenoxy) is 1. The van der Waals surface area contributed by atoms with Crippen LogP contribution >= 0.6 is 0 Å². The molecule has 1 aromatic carbocycles. The average molecular weight is 285 g/mol. The maximum atomic E-state index is 12.9. The van der Waals surface area contributed by atoms with E-state index >= 15 is 0 Å². The van der Waals surface area contributed by atoms with Gasteiger partial charge in [0.05, 0.1) is 18.0 Å². The number of anilines is 2. The quantitative estimate of drug-likeness (QED) is 0.922. The number of nitrogens with zero attached hydrogens (tertiary/aromatic N) is 2. The van der Waals surface area contributed by atoms with E-state index in [0.29, 0.717) is 31.1 Å². The number of hydrogen-bond acceptors (Lipinski definition) is 3. The van der Waals surface area contributed by atoms with E-state index in [9.17, 15) is 4.79 Å². The van der Waals surface area contributed by atoms with Crippen molar-refractivity contribution in [3.8, 4) is 5.75 Å². The first kappa shape index (κ1) is 13.5. The predicted octanol–water partition coefficient (Wildman–Crippen LogP) is 2.52. The van der Waals surface area contributed by atoms with Crippen molar-refractivity contribution in [2.24, 2.45) is 0 Å². The Labute approximate surface area is 123 Å². The molecule has 1 aliphatic rings. The van der Waals surface area contributed by atoms with Crippen molar-refractivity contribution >= 4 is 17.3 Å². The summed E-state index contributed by atoms with van der Waals surface area (Å²) in [4.78, 5) is 14.7. The van der Waals surface area contributed by atoms with Gasteiger partial charge in [-0.3, -0.25) is 4.79 Å². The molecule has 3 rings (SSSR count). The van der Waals surface area contributed by atoms with Gasteiger partial charge in [-0.2, -0.15) is 0 Å². The number of benzene rings is 1. The number of aryl methyl sites for hydroxylation is 1. The number of para-hydroxylation sites is 2. The smallest absolute Gasteiger partial charge is 0.275 e. The fraction of sp³-hybridized carbons (Fsp3) is 0.312. The van der Waals surface area contributed by atoms with Crippen LogP contribution in [0.3, 0.4) is 0 Å². The fourth-order valence-corrected chi connectivity index (χ4v) is 2.65. The largest absolute Gasteiger partial charge is 0.491 e. The molecular formula is C16H19N3O2. The average Bonchev–Trinajstić information content (AvgIpc) is 2.75. The third-order valence-corrected chi connectivity index (χ3v) is 3.66. The molecule has 2 aromatic rings. The SMILES string of the molecule is CCn1cc(N)cc1C(=O)N1CCCOc2ccccc21. The van der Waals surface area contributed by atoms with Crippen LogP contribution in [-0.4, -0.2) is 23.6 Å². The minimum atomic E-state index is -0.0356. The van der Waals surface area contributed by atoms with Gasteiger partial charge in [0.2, 0.25) is 0 Å². The Morgan fingerprint density at radius 2 is 2.19 bits per heavy atom. The molecule has 1 amide bonds. The van der Waals surface area contributed by atoms with Gasteiger partial charge >= 0.3 is 0 Å². The van der Waals surface area contributed by atoms with Crippen LogP contribution in [0.25, 0.3) is 0 Å². The molecule has 1 aromatic heterocycles. The van der Waals surface area contributed by atoms with Gasteiger partial charge in [-0.1, -0.05) is 12.1 Å². The third-order valence-electron chi connectivity index (χ3n) is 3.66. The summed E-state index contributed by atoms with van der Waals surface area (Å²) in [6, 6.07) is 9.38. The van der Waals surface area contributed by atoms with Crippen LogP contribution in [0.4, 0.5) is 11.4 Å². The van der Waals surface area contributed by atoms with Crippen LogP contribution in [0, 0.1) is 0 Å². The van der Waals surface area contributed by atoms with Crippen molar-refractivity contribution in [2.45, 2.75) is 19.9 Å². The van der Waals surface area contributed by atoms with Gasteiger partial charge in [0.1, 0.15) is 11.4 Å². The lowest BCUT2D eigenvalue weighted by Gasteiger charge is -2.22. The lowest BCUT2D eigenvalue weighted by molar-refractivity contribution is 0.0978. The highest BCUT2D eigenvalue weighted by atomic mass is 16.5. The number of nitrogens with two attached hydrogens (primary N) is 1. The van der Waals surface area contributed by atoms with Gasteiger partial charge in [0, 0.05) is 19.3 Å². The highest BCUT2D eigenvalue weighted by Gasteiger charge is 2.25. The summed E-state index contributed by atoms with van der Waals surface area (Å²) in [5.41, 5.74) is 7.88. The molecule has 5 nitrogen and oxygen atoms in total. The Bertz CT molecular complexity index is 663. The summed E-state index contributed by atoms with van der Waals surface area (Å²) in [7, 11) is 0. The molecule has 0 saturated carbocycles. The van der Waals surface area contributed by atoms with E-state index in [-0.39, 0.29) is 5.91 Å². The zero-order valence-corrected chi connectivity index (χ0v) is 12.1. The van der Waals surface area contributed by atoms with Gasteiger partial charge in [-0.05, 0) is 31.5 Å². The number of hydrogen-bond donors (Lipinski definition) is 1. The topological polar surface area (TPSA) is 60.5 Å². The molecule has 0 aliphatic carbocycles. The van der Waals surface area contributed by atoms with Gasteiger partial charge in [-0.25, -0.2) is 0 Å². The Kier molecular flexibility index (Phi) is 3.56. The summed E-state index contributed by atoms with van der Waals surface area (Å²) in [6.07, 6.45) is 2.61. The van der Waals surface area contributed by atoms with Crippen LogP contribution in [-0.2, 0) is 6.54 Å². The molecule has 0 radical (unpaired) electrons. The molecule has 0 spiro atoms. The van der Waals surface area contributed by atoms with Crippen molar-refractivity contribution in [1.82, 2.24) is 4.57 Å². The second-order valence-corrected chi connectivity index (χ2v) is 5.07. The molecule has 110 valence electrons. The number of carbonyl (C=O) groups is 1. The molecule has 0 bridgehead atoms. The van der Waals surface area contributed by atoms with E-state index in [1.807, 2.05) is 35.8 Å². The Balaban J connectivity index is 2.01. The van der Waals surface area contributed by atoms with Crippen molar-refractivity contribution in [2.75, 3.05) is 23.8 Å². The first-order valence-electron chi connectivity index (χ1n) is 7.20. The predicted molar refractivity (Wildman–Crippen MR) is 82.7 cm³/mol. The fourth-order valence-electron chi connectivity index (χ4n) is 2.65. The molecule has 0 saturated heterocycles. The lowest BCUT2D eigenvalue weighted by atomic mass is 10.2. The van der Waals surface area contributed by atoms with E-state index in [1.165, 1.54) is 0 Å². The second-order valence-electron chi connectivity index (χ2n) is 5.07. The molecule has 2 N–H and O–H groups in total. The molecular weight excluding hydrogens is 266 g/mol. The highest BCUT2D eigenvalue weighted by Crippen LogP contribution is 2.31. The minimum absolute atomic E-state index is 0.0356. The maximum absolute atomic E-state index is 12.9. The molecule has 0 atom stereocenters. The van der Waals surface area contributed by atoms with Crippen molar-refractivity contribution in [3.63, 3.8) is 0 Å². The number of rotatable bonds is 2. The summed E-state index contributed by atoms with van der Waals surface area (Å²) in [5, 5.41) is 0. The number of aromatic nitrogens is 1. The number of carbonyl (C=O) groups excluding carboxylic acids is 1. The Hall–Kier alpha value is -2.43. The first-order valence-corrected chi connectivity index (χ1v) is 7.20. The lowest BCUT2D eigenvalue weighted by Crippen LogP contribution is -2.33. The van der Waals surface area contributed by atoms with Crippen LogP contribution in [0.5, 0.6) is 5.75 Å². The summed E-state index contributed by atoms with van der Waals surface area (Å²) < 4.78 is 7.58. The normalized spacial score (nSPS) is 14.2. The second kappa shape index (κ2) is 5.52. The molecule has 21 heavy (non-hydrogen) atoms. The zero-order valence-electron chi connectivity index (χ0n) is 12.1. The van der Waals surface area contributed by atoms with Crippen LogP contribution in [0.15, 0.2) is 36.5 Å². The number of fused-ring (bicyclic) bond motifs is 1. The number of amides is 1. The van der Waals surface area contributed by atoms with Gasteiger partial charge in [-0.15, -0.1) is 0 Å². The van der Waals surface area contributed by atoms with Crippen LogP contribution in [0.2, 0.25) is 0 Å². The zero-order chi connectivity index (χ0) is 14.8. The van der Waals surface area contributed by atoms with E-state index in [1.54, 1.807) is 17.2 Å². The number of nitrogen functional groups attached to an aromatic ring is 1. The van der Waals surface area contributed by atoms with Gasteiger partial charge in [0.25, 0.3) is 5.91 Å². The van der Waals surface area contributed by atoms with Gasteiger partial charge in [0.15, 0.2) is 0 Å². The first-order chi connectivity index (χ1) is 10.2. The molecule has 5 heteroatoms. The monoisotopic (exact) mass is 285 g/mol. The third kappa shape index (κ3) is 2.46. The van der Waals surface area contributed by atoms with Crippen molar-refractivity contribution < 1.29 is 9.53 Å². The summed E-state index contributed by atoms with van der Waals surface area (Å²) >= 11 is 0. The standard InChI is InChI=1S/C16H19N3O2/c1-2-18-11-12(17)10-14(18)16(20)19-8-5-9-21-15-7-4-3-6-13(15)19/h3-4,6-7,10-11H,2,5,8-9,17H2,1H3. The van der Waals surface area contributed by atoms with E-state index in [2.05, 4.69) is 0 Å². The van der Waals surface area contributed by atoms with Crippen molar-refractivity contribution in [3.05, 3.63) is 42.2 Å². The molecule has 0 fully saturated rings. The maximum Gasteiger partial charge on any atom is 0.275 e. The van der Waals surface area contributed by atoms with E-state index in [0.717, 1.165) is 17.9 Å². The van der Waals surface area contributed by atoms with Crippen LogP contribution in [0.1, 0.15) is 23.8 Å². The minimum Gasteiger partial charge on any atom is -0.491 e. The van der Waals surface area contributed by atoms with E-state index in [4.69, 9.17) is 10.5 Å². The summed E-state index contributed by atoms with van der Waals surface area (Å²) in [5.74, 6) is 0.720. The highest BCUT2D eigenvalue weighted by molar-refractivity contribution is 6.06. The Morgan fingerprint density at radius 1 is 1.38 bits per heavy atom. The molecule has 1 aliphatic heterocycles.